The summed E-state index contributed by atoms with van der Waals surface area (Å²) in [7, 11) is 0. The van der Waals surface area contributed by atoms with Gasteiger partial charge in [0.2, 0.25) is 5.95 Å². The predicted molar refractivity (Wildman–Crippen MR) is 115 cm³/mol. The number of benzene rings is 2. The molecule has 1 amide bonds. The third kappa shape index (κ3) is 3.82. The van der Waals surface area contributed by atoms with Crippen LogP contribution in [0.2, 0.25) is 0 Å². The lowest BCUT2D eigenvalue weighted by molar-refractivity contribution is 0.0940. The quantitative estimate of drug-likeness (QED) is 0.631. The predicted octanol–water partition coefficient (Wildman–Crippen LogP) is 4.87. The highest BCUT2D eigenvalue weighted by molar-refractivity contribution is 7.97. The molecular formula is C22H21FN4OS. The fourth-order valence-corrected chi connectivity index (χ4v) is 4.00. The Balaban J connectivity index is 1.64. The third-order valence-corrected chi connectivity index (χ3v) is 5.52. The molecule has 1 aromatic heterocycles. The minimum atomic E-state index is -0.418. The van der Waals surface area contributed by atoms with Gasteiger partial charge in [-0.3, -0.25) is 4.79 Å². The van der Waals surface area contributed by atoms with E-state index in [1.165, 1.54) is 6.07 Å². The van der Waals surface area contributed by atoms with Gasteiger partial charge in [-0.2, -0.15) is 11.8 Å². The van der Waals surface area contributed by atoms with Gasteiger partial charge in [-0.05, 0) is 67.6 Å². The Hall–Kier alpha value is -2.93. The highest BCUT2D eigenvalue weighted by Crippen LogP contribution is 2.33. The van der Waals surface area contributed by atoms with Gasteiger partial charge in [0.15, 0.2) is 0 Å². The Morgan fingerprint density at radius 1 is 1.17 bits per heavy atom. The molecule has 29 heavy (non-hydrogen) atoms. The van der Waals surface area contributed by atoms with Crippen molar-refractivity contribution < 1.29 is 9.18 Å². The van der Waals surface area contributed by atoms with E-state index in [-0.39, 0.29) is 11.7 Å². The van der Waals surface area contributed by atoms with Gasteiger partial charge >= 0.3 is 0 Å². The molecule has 2 aromatic carbocycles. The summed E-state index contributed by atoms with van der Waals surface area (Å²) in [5, 5.41) is 6.14. The van der Waals surface area contributed by atoms with E-state index >= 15 is 0 Å². The lowest BCUT2D eigenvalue weighted by atomic mass is 9.92. The second kappa shape index (κ2) is 7.48. The highest BCUT2D eigenvalue weighted by atomic mass is 32.2. The number of nitrogens with one attached hydrogen (secondary N) is 2. The molecule has 1 aliphatic heterocycles. The molecule has 0 saturated heterocycles. The number of amides is 1. The Bertz CT molecular complexity index is 1100. The second-order valence-corrected chi connectivity index (χ2v) is 8.34. The molecule has 3 aromatic rings. The molecular weight excluding hydrogens is 387 g/mol. The first-order valence-corrected chi connectivity index (χ1v) is 10.6. The van der Waals surface area contributed by atoms with Crippen LogP contribution in [-0.2, 0) is 11.3 Å². The molecule has 7 heteroatoms. The topological polar surface area (TPSA) is 66.9 Å². The number of thioether (sulfide) groups is 1. The number of nitrogens with zero attached hydrogens (tertiary/aromatic N) is 2. The van der Waals surface area contributed by atoms with Crippen LogP contribution in [0.25, 0.3) is 11.3 Å². The zero-order chi connectivity index (χ0) is 20.6. The number of carbonyl (C=O) groups excluding carboxylic acids is 1. The maximum absolute atomic E-state index is 13.9. The number of aromatic nitrogens is 2. The van der Waals surface area contributed by atoms with E-state index in [9.17, 15) is 9.18 Å². The van der Waals surface area contributed by atoms with Gasteiger partial charge in [0.25, 0.3) is 5.91 Å². The van der Waals surface area contributed by atoms with Gasteiger partial charge < -0.3 is 10.6 Å². The van der Waals surface area contributed by atoms with E-state index in [0.29, 0.717) is 22.8 Å². The van der Waals surface area contributed by atoms with Crippen molar-refractivity contribution in [2.75, 3.05) is 11.6 Å². The maximum Gasteiger partial charge on any atom is 0.252 e. The van der Waals surface area contributed by atoms with Gasteiger partial charge in [0.1, 0.15) is 5.82 Å². The maximum atomic E-state index is 13.9. The Kier molecular flexibility index (Phi) is 5.00. The number of hydrogen-bond acceptors (Lipinski definition) is 5. The molecule has 1 aliphatic rings. The molecule has 0 atom stereocenters. The minimum Gasteiger partial charge on any atom is -0.343 e. The van der Waals surface area contributed by atoms with Crippen molar-refractivity contribution in [3.05, 3.63) is 71.2 Å². The Labute approximate surface area is 173 Å². The van der Waals surface area contributed by atoms with Crippen LogP contribution in [-0.4, -0.2) is 22.1 Å². The van der Waals surface area contributed by atoms with Crippen LogP contribution >= 0.6 is 11.8 Å². The number of rotatable bonds is 5. The fourth-order valence-electron chi connectivity index (χ4n) is 3.46. The second-order valence-electron chi connectivity index (χ2n) is 7.47. The monoisotopic (exact) mass is 408 g/mol. The summed E-state index contributed by atoms with van der Waals surface area (Å²) in [6.07, 6.45) is 3.62. The molecule has 148 valence electrons. The molecule has 0 radical (unpaired) electrons. The largest absolute Gasteiger partial charge is 0.343 e. The Morgan fingerprint density at radius 3 is 2.79 bits per heavy atom. The van der Waals surface area contributed by atoms with Crippen LogP contribution in [0.15, 0.2) is 48.7 Å². The number of halogens is 1. The van der Waals surface area contributed by atoms with Crippen LogP contribution in [0.1, 0.15) is 35.3 Å². The summed E-state index contributed by atoms with van der Waals surface area (Å²) in [6, 6.07) is 12.4. The summed E-state index contributed by atoms with van der Waals surface area (Å²) in [5.41, 5.74) is 4.24. The highest BCUT2D eigenvalue weighted by Gasteiger charge is 2.35. The van der Waals surface area contributed by atoms with Crippen molar-refractivity contribution in [3.63, 3.8) is 0 Å². The minimum absolute atomic E-state index is 0.0565. The number of carbonyl (C=O) groups is 1. The molecule has 0 aliphatic carbocycles. The summed E-state index contributed by atoms with van der Waals surface area (Å²) >= 11 is 1.57. The standard InChI is InChI=1S/C22H21FN4OS/c1-22(2)17-11-13(4-6-16(17)20(28)27-22)19-8-9-24-21(26-19)25-15-5-7-18(23)14(10-15)12-29-3/h4-11H,12H2,1-3H3,(H,27,28)(H,24,25,26). The first kappa shape index (κ1) is 19.4. The average Bonchev–Trinajstić information content (AvgIpc) is 2.93. The van der Waals surface area contributed by atoms with Crippen LogP contribution in [0.4, 0.5) is 16.0 Å². The molecule has 2 N–H and O–H groups in total. The zero-order valence-electron chi connectivity index (χ0n) is 16.4. The van der Waals surface area contributed by atoms with Crippen LogP contribution in [0.5, 0.6) is 0 Å². The molecule has 0 saturated carbocycles. The van der Waals surface area contributed by atoms with Crippen molar-refractivity contribution in [2.45, 2.75) is 25.1 Å². The van der Waals surface area contributed by atoms with E-state index in [2.05, 4.69) is 20.6 Å². The molecule has 0 fully saturated rings. The van der Waals surface area contributed by atoms with Gasteiger partial charge in [-0.1, -0.05) is 6.07 Å². The van der Waals surface area contributed by atoms with Gasteiger partial charge in [0.05, 0.1) is 11.2 Å². The Morgan fingerprint density at radius 2 is 2.00 bits per heavy atom. The number of hydrogen-bond donors (Lipinski definition) is 2. The average molecular weight is 409 g/mol. The normalized spacial score (nSPS) is 14.4. The van der Waals surface area contributed by atoms with E-state index in [1.807, 2.05) is 44.4 Å². The lowest BCUT2D eigenvalue weighted by Crippen LogP contribution is -2.32. The van der Waals surface area contributed by atoms with Crippen molar-refractivity contribution in [3.8, 4) is 11.3 Å². The summed E-state index contributed by atoms with van der Waals surface area (Å²) in [4.78, 5) is 21.0. The number of fused-ring (bicyclic) bond motifs is 1. The van der Waals surface area contributed by atoms with E-state index in [4.69, 9.17) is 0 Å². The van der Waals surface area contributed by atoms with E-state index < -0.39 is 5.54 Å². The van der Waals surface area contributed by atoms with Gasteiger partial charge in [-0.25, -0.2) is 14.4 Å². The molecule has 0 bridgehead atoms. The van der Waals surface area contributed by atoms with Gasteiger partial charge in [-0.15, -0.1) is 0 Å². The summed E-state index contributed by atoms with van der Waals surface area (Å²) < 4.78 is 13.9. The smallest absolute Gasteiger partial charge is 0.252 e. The lowest BCUT2D eigenvalue weighted by Gasteiger charge is -2.19. The van der Waals surface area contributed by atoms with E-state index in [1.54, 1.807) is 30.1 Å². The van der Waals surface area contributed by atoms with Crippen LogP contribution < -0.4 is 10.6 Å². The van der Waals surface area contributed by atoms with Crippen LogP contribution in [0, 0.1) is 5.82 Å². The van der Waals surface area contributed by atoms with Crippen molar-refractivity contribution in [1.29, 1.82) is 0 Å². The SMILES string of the molecule is CSCc1cc(Nc2nccc(-c3ccc4c(c3)C(C)(C)NC4=O)n2)ccc1F. The third-order valence-electron chi connectivity index (χ3n) is 4.92. The summed E-state index contributed by atoms with van der Waals surface area (Å²) in [5.74, 6) is 0.750. The van der Waals surface area contributed by atoms with Gasteiger partial charge in [0, 0.05) is 28.8 Å². The molecule has 0 spiro atoms. The first-order valence-electron chi connectivity index (χ1n) is 9.22. The van der Waals surface area contributed by atoms with Crippen molar-refractivity contribution in [2.24, 2.45) is 0 Å². The van der Waals surface area contributed by atoms with Crippen molar-refractivity contribution in [1.82, 2.24) is 15.3 Å². The molecule has 0 unspecified atom stereocenters. The molecule has 4 rings (SSSR count). The number of anilines is 2. The molecule has 5 nitrogen and oxygen atoms in total. The molecule has 2 heterocycles. The fraction of sp³-hybridized carbons (Fsp3) is 0.227. The van der Waals surface area contributed by atoms with Crippen LogP contribution in [0.3, 0.4) is 0 Å². The van der Waals surface area contributed by atoms with Crippen molar-refractivity contribution >= 4 is 29.3 Å². The summed E-state index contributed by atoms with van der Waals surface area (Å²) in [6.45, 7) is 3.96. The van der Waals surface area contributed by atoms with E-state index in [0.717, 1.165) is 22.5 Å². The first-order chi connectivity index (χ1) is 13.9. The zero-order valence-corrected chi connectivity index (χ0v) is 17.2.